The van der Waals surface area contributed by atoms with E-state index in [9.17, 15) is 0 Å². The number of unbranched alkanes of at least 4 members (excludes halogenated alkanes) is 2. The monoisotopic (exact) mass is 202 g/mol. The van der Waals surface area contributed by atoms with Gasteiger partial charge in [-0.25, -0.2) is 0 Å². The van der Waals surface area contributed by atoms with Crippen LogP contribution in [-0.2, 0) is 6.42 Å². The average molecular weight is 202 g/mol. The van der Waals surface area contributed by atoms with E-state index in [0.29, 0.717) is 0 Å². The van der Waals surface area contributed by atoms with Crippen molar-refractivity contribution in [1.82, 2.24) is 0 Å². The van der Waals surface area contributed by atoms with Gasteiger partial charge in [-0.2, -0.15) is 0 Å². The van der Waals surface area contributed by atoms with Gasteiger partial charge in [0.15, 0.2) is 0 Å². The number of benzene rings is 1. The van der Waals surface area contributed by atoms with Crippen molar-refractivity contribution in [1.29, 1.82) is 0 Å². The first kappa shape index (κ1) is 10.7. The lowest BCUT2D eigenvalue weighted by molar-refractivity contribution is 0.494. The number of hydrogen-bond donors (Lipinski definition) is 0. The molecular weight excluding hydrogens is 180 g/mol. The molecule has 1 aliphatic rings. The second kappa shape index (κ2) is 5.34. The Kier molecular flexibility index (Phi) is 3.82. The minimum atomic E-state index is 0.862. The summed E-state index contributed by atoms with van der Waals surface area (Å²) in [4.78, 5) is 0. The van der Waals surface area contributed by atoms with Crippen molar-refractivity contribution in [3.8, 4) is 0 Å². The lowest BCUT2D eigenvalue weighted by Gasteiger charge is -2.25. The van der Waals surface area contributed by atoms with Crippen LogP contribution in [0.1, 0.15) is 62.5 Å². The number of fused-ring (bicyclic) bond motifs is 1. The van der Waals surface area contributed by atoms with Gasteiger partial charge in [0.1, 0.15) is 0 Å². The molecule has 0 nitrogen and oxygen atoms in total. The van der Waals surface area contributed by atoms with Crippen LogP contribution in [0.25, 0.3) is 0 Å². The standard InChI is InChI=1S/C15H22/c1-2-3-4-8-13-10-7-11-14-9-5-6-12-15(13)14/h5-6,9,12-13H,2-4,7-8,10-11H2,1H3. The molecule has 0 bridgehead atoms. The Bertz CT molecular complexity index is 301. The molecule has 0 amide bonds. The van der Waals surface area contributed by atoms with Crippen LogP contribution in [0, 0.1) is 0 Å². The maximum absolute atomic E-state index is 2.35. The van der Waals surface area contributed by atoms with Crippen molar-refractivity contribution >= 4 is 0 Å². The summed E-state index contributed by atoms with van der Waals surface area (Å²) in [6.45, 7) is 2.29. The lowest BCUT2D eigenvalue weighted by atomic mass is 9.80. The van der Waals surface area contributed by atoms with Crippen molar-refractivity contribution in [3.63, 3.8) is 0 Å². The van der Waals surface area contributed by atoms with Crippen molar-refractivity contribution in [2.45, 2.75) is 57.8 Å². The van der Waals surface area contributed by atoms with Crippen LogP contribution in [0.5, 0.6) is 0 Å². The van der Waals surface area contributed by atoms with E-state index in [4.69, 9.17) is 0 Å². The quantitative estimate of drug-likeness (QED) is 0.621. The molecule has 1 atom stereocenters. The fourth-order valence-electron chi connectivity index (χ4n) is 2.80. The second-order valence-corrected chi connectivity index (χ2v) is 4.78. The molecule has 0 radical (unpaired) electrons. The summed E-state index contributed by atoms with van der Waals surface area (Å²) in [7, 11) is 0. The minimum Gasteiger partial charge on any atom is -0.0654 e. The Labute approximate surface area is 93.7 Å². The minimum absolute atomic E-state index is 0.862. The van der Waals surface area contributed by atoms with Crippen molar-refractivity contribution in [2.75, 3.05) is 0 Å². The van der Waals surface area contributed by atoms with Gasteiger partial charge in [0, 0.05) is 0 Å². The van der Waals surface area contributed by atoms with Gasteiger partial charge in [-0.05, 0) is 42.7 Å². The van der Waals surface area contributed by atoms with Gasteiger partial charge in [0.2, 0.25) is 0 Å². The summed E-state index contributed by atoms with van der Waals surface area (Å²) >= 11 is 0. The Morgan fingerprint density at radius 1 is 1.20 bits per heavy atom. The first-order valence-corrected chi connectivity index (χ1v) is 6.49. The van der Waals surface area contributed by atoms with Gasteiger partial charge < -0.3 is 0 Å². The third-order valence-electron chi connectivity index (χ3n) is 3.65. The van der Waals surface area contributed by atoms with Crippen molar-refractivity contribution < 1.29 is 0 Å². The molecule has 0 spiro atoms. The first-order valence-electron chi connectivity index (χ1n) is 6.49. The van der Waals surface area contributed by atoms with Gasteiger partial charge in [-0.3, -0.25) is 0 Å². The molecule has 15 heavy (non-hydrogen) atoms. The second-order valence-electron chi connectivity index (χ2n) is 4.78. The van der Waals surface area contributed by atoms with Crippen molar-refractivity contribution in [2.24, 2.45) is 0 Å². The van der Waals surface area contributed by atoms with Crippen LogP contribution in [0.15, 0.2) is 24.3 Å². The number of rotatable bonds is 4. The molecule has 0 saturated heterocycles. The van der Waals surface area contributed by atoms with Crippen LogP contribution >= 0.6 is 0 Å². The van der Waals surface area contributed by atoms with Crippen molar-refractivity contribution in [3.05, 3.63) is 35.4 Å². The molecular formula is C15H22. The average Bonchev–Trinajstić information content (AvgIpc) is 2.30. The van der Waals surface area contributed by atoms with Gasteiger partial charge in [0.25, 0.3) is 0 Å². The lowest BCUT2D eigenvalue weighted by Crippen LogP contribution is -2.09. The van der Waals surface area contributed by atoms with Gasteiger partial charge >= 0.3 is 0 Å². The van der Waals surface area contributed by atoms with E-state index < -0.39 is 0 Å². The molecule has 82 valence electrons. The predicted molar refractivity (Wildman–Crippen MR) is 66.3 cm³/mol. The van der Waals surface area contributed by atoms with Crippen LogP contribution < -0.4 is 0 Å². The molecule has 2 rings (SSSR count). The largest absolute Gasteiger partial charge is 0.0654 e. The highest BCUT2D eigenvalue weighted by atomic mass is 14.2. The Balaban J connectivity index is 2.02. The Morgan fingerprint density at radius 3 is 2.93 bits per heavy atom. The highest BCUT2D eigenvalue weighted by Gasteiger charge is 2.18. The third kappa shape index (κ3) is 2.62. The van der Waals surface area contributed by atoms with E-state index in [1.807, 2.05) is 0 Å². The van der Waals surface area contributed by atoms with E-state index in [0.717, 1.165) is 5.92 Å². The third-order valence-corrected chi connectivity index (χ3v) is 3.65. The van der Waals surface area contributed by atoms with E-state index in [2.05, 4.69) is 31.2 Å². The highest BCUT2D eigenvalue weighted by Crippen LogP contribution is 2.34. The molecule has 1 aliphatic carbocycles. The summed E-state index contributed by atoms with van der Waals surface area (Å²) in [5.74, 6) is 0.862. The SMILES string of the molecule is CCCCCC1CCCc2ccccc21. The number of hydrogen-bond acceptors (Lipinski definition) is 0. The predicted octanol–water partition coefficient (Wildman–Crippen LogP) is 4.69. The molecule has 1 aromatic carbocycles. The molecule has 0 fully saturated rings. The van der Waals surface area contributed by atoms with E-state index in [1.165, 1.54) is 44.9 Å². The maximum atomic E-state index is 2.35. The molecule has 1 unspecified atom stereocenters. The number of aryl methyl sites for hydroxylation is 1. The summed E-state index contributed by atoms with van der Waals surface area (Å²) in [6, 6.07) is 9.07. The Hall–Kier alpha value is -0.780. The molecule has 0 heterocycles. The van der Waals surface area contributed by atoms with Crippen LogP contribution in [0.3, 0.4) is 0 Å². The smallest absolute Gasteiger partial charge is 0.0159 e. The van der Waals surface area contributed by atoms with E-state index >= 15 is 0 Å². The molecule has 1 aromatic rings. The van der Waals surface area contributed by atoms with Crippen LogP contribution in [0.2, 0.25) is 0 Å². The van der Waals surface area contributed by atoms with E-state index in [-0.39, 0.29) is 0 Å². The topological polar surface area (TPSA) is 0 Å². The molecule has 0 aromatic heterocycles. The van der Waals surface area contributed by atoms with Crippen LogP contribution in [0.4, 0.5) is 0 Å². The molecule has 0 heteroatoms. The van der Waals surface area contributed by atoms with E-state index in [1.54, 1.807) is 11.1 Å². The zero-order chi connectivity index (χ0) is 10.5. The molecule has 0 aliphatic heterocycles. The summed E-state index contributed by atoms with van der Waals surface area (Å²) in [6.07, 6.45) is 9.68. The summed E-state index contributed by atoms with van der Waals surface area (Å²) < 4.78 is 0. The summed E-state index contributed by atoms with van der Waals surface area (Å²) in [5, 5.41) is 0. The highest BCUT2D eigenvalue weighted by molar-refractivity contribution is 5.32. The summed E-state index contributed by atoms with van der Waals surface area (Å²) in [5.41, 5.74) is 3.27. The zero-order valence-corrected chi connectivity index (χ0v) is 9.84. The van der Waals surface area contributed by atoms with Gasteiger partial charge in [0.05, 0.1) is 0 Å². The first-order chi connectivity index (χ1) is 7.42. The molecule has 0 saturated carbocycles. The van der Waals surface area contributed by atoms with Gasteiger partial charge in [-0.1, -0.05) is 50.5 Å². The molecule has 0 N–H and O–H groups in total. The van der Waals surface area contributed by atoms with Crippen LogP contribution in [-0.4, -0.2) is 0 Å². The normalized spacial score (nSPS) is 19.9. The maximum Gasteiger partial charge on any atom is -0.0159 e. The van der Waals surface area contributed by atoms with Gasteiger partial charge in [-0.15, -0.1) is 0 Å². The fraction of sp³-hybridized carbons (Fsp3) is 0.600. The Morgan fingerprint density at radius 2 is 2.07 bits per heavy atom. The fourth-order valence-corrected chi connectivity index (χ4v) is 2.80. The zero-order valence-electron chi connectivity index (χ0n) is 9.84.